The van der Waals surface area contributed by atoms with E-state index in [1.807, 2.05) is 0 Å². The second-order valence-corrected chi connectivity index (χ2v) is 7.10. The molecule has 1 aliphatic rings. The molecule has 1 atom stereocenters. The molecule has 112 valence electrons. The van der Waals surface area contributed by atoms with Crippen molar-refractivity contribution in [3.05, 3.63) is 22.4 Å². The van der Waals surface area contributed by atoms with E-state index in [4.69, 9.17) is 15.6 Å². The number of nitrogens with zero attached hydrogens (tertiary/aromatic N) is 1. The van der Waals surface area contributed by atoms with E-state index in [1.165, 1.54) is 4.31 Å². The summed E-state index contributed by atoms with van der Waals surface area (Å²) in [6.45, 7) is 0.113. The molecule has 1 aromatic carbocycles. The Balaban J connectivity index is 2.37. The summed E-state index contributed by atoms with van der Waals surface area (Å²) < 4.78 is 44.7. The first kappa shape index (κ1) is 15.6. The summed E-state index contributed by atoms with van der Waals surface area (Å²) in [5, 5.41) is 9.05. The number of hydrogen-bond donors (Lipinski definition) is 2. The molecule has 3 N–H and O–H groups in total. The van der Waals surface area contributed by atoms with Crippen molar-refractivity contribution >= 4 is 31.6 Å². The van der Waals surface area contributed by atoms with Crippen LogP contribution in [0.5, 0.6) is 0 Å². The second kappa shape index (κ2) is 5.94. The third kappa shape index (κ3) is 2.96. The Morgan fingerprint density at radius 1 is 1.55 bits per heavy atom. The molecular weight excluding hydrogens is 355 g/mol. The van der Waals surface area contributed by atoms with E-state index < -0.39 is 21.9 Å². The molecule has 0 aliphatic carbocycles. The van der Waals surface area contributed by atoms with Crippen LogP contribution >= 0.6 is 15.9 Å². The van der Waals surface area contributed by atoms with Crippen LogP contribution in [0.3, 0.4) is 0 Å². The Hall–Kier alpha value is -0.740. The predicted molar refractivity (Wildman–Crippen MR) is 74.1 cm³/mol. The molecule has 0 saturated carbocycles. The van der Waals surface area contributed by atoms with Crippen LogP contribution in [0.2, 0.25) is 0 Å². The molecule has 6 nitrogen and oxygen atoms in total. The fourth-order valence-electron chi connectivity index (χ4n) is 1.93. The number of ether oxygens (including phenoxy) is 1. The van der Waals surface area contributed by atoms with Gasteiger partial charge >= 0.3 is 0 Å². The third-order valence-corrected chi connectivity index (χ3v) is 5.50. The number of sulfonamides is 1. The topological polar surface area (TPSA) is 92.9 Å². The molecule has 1 heterocycles. The van der Waals surface area contributed by atoms with E-state index in [0.29, 0.717) is 0 Å². The molecule has 0 amide bonds. The largest absolute Gasteiger partial charge is 0.398 e. The lowest BCUT2D eigenvalue weighted by Crippen LogP contribution is -2.46. The number of nitrogens with two attached hydrogens (primary N) is 1. The van der Waals surface area contributed by atoms with Crippen molar-refractivity contribution in [3.63, 3.8) is 0 Å². The van der Waals surface area contributed by atoms with Gasteiger partial charge in [-0.2, -0.15) is 4.31 Å². The van der Waals surface area contributed by atoms with Gasteiger partial charge in [0.1, 0.15) is 10.7 Å². The monoisotopic (exact) mass is 368 g/mol. The first-order valence-electron chi connectivity index (χ1n) is 5.83. The highest BCUT2D eigenvalue weighted by Crippen LogP contribution is 2.29. The minimum absolute atomic E-state index is 0.0252. The summed E-state index contributed by atoms with van der Waals surface area (Å²) in [6, 6.07) is 2.10. The van der Waals surface area contributed by atoms with E-state index in [-0.39, 0.29) is 41.4 Å². The molecule has 1 saturated heterocycles. The van der Waals surface area contributed by atoms with Gasteiger partial charge in [-0.25, -0.2) is 12.8 Å². The van der Waals surface area contributed by atoms with E-state index >= 15 is 0 Å². The number of aliphatic hydroxyl groups is 1. The molecule has 2 rings (SSSR count). The lowest BCUT2D eigenvalue weighted by atomic mass is 10.3. The number of nitrogen functional groups attached to an aromatic ring is 1. The van der Waals surface area contributed by atoms with Crippen molar-refractivity contribution in [1.29, 1.82) is 0 Å². The summed E-state index contributed by atoms with van der Waals surface area (Å²) in [4.78, 5) is -0.163. The quantitative estimate of drug-likeness (QED) is 0.760. The van der Waals surface area contributed by atoms with E-state index in [1.54, 1.807) is 0 Å². The van der Waals surface area contributed by atoms with Crippen molar-refractivity contribution in [3.8, 4) is 0 Å². The van der Waals surface area contributed by atoms with Gasteiger partial charge < -0.3 is 15.6 Å². The second-order valence-electron chi connectivity index (χ2n) is 4.34. The molecule has 9 heteroatoms. The molecule has 1 aliphatic heterocycles. The molecule has 1 fully saturated rings. The summed E-state index contributed by atoms with van der Waals surface area (Å²) in [5.74, 6) is -0.628. The number of hydrogen-bond acceptors (Lipinski definition) is 5. The number of halogens is 2. The predicted octanol–water partition coefficient (Wildman–Crippen LogP) is 0.552. The Bertz CT molecular complexity index is 611. The van der Waals surface area contributed by atoms with Gasteiger partial charge in [-0.15, -0.1) is 0 Å². The van der Waals surface area contributed by atoms with Crippen LogP contribution in [0.15, 0.2) is 21.5 Å². The van der Waals surface area contributed by atoms with Gasteiger partial charge in [-0.3, -0.25) is 0 Å². The van der Waals surface area contributed by atoms with E-state index in [0.717, 1.165) is 12.1 Å². The van der Waals surface area contributed by atoms with E-state index in [9.17, 15) is 12.8 Å². The fraction of sp³-hybridized carbons (Fsp3) is 0.455. The van der Waals surface area contributed by atoms with Gasteiger partial charge in [0.2, 0.25) is 10.0 Å². The Morgan fingerprint density at radius 2 is 2.25 bits per heavy atom. The van der Waals surface area contributed by atoms with Crippen molar-refractivity contribution < 1.29 is 22.7 Å². The smallest absolute Gasteiger partial charge is 0.245 e. The number of anilines is 1. The maximum Gasteiger partial charge on any atom is 0.245 e. The molecule has 20 heavy (non-hydrogen) atoms. The van der Waals surface area contributed by atoms with Crippen molar-refractivity contribution in [1.82, 2.24) is 4.31 Å². The number of morpholine rings is 1. The normalized spacial score (nSPS) is 21.1. The van der Waals surface area contributed by atoms with Crippen LogP contribution in [0, 0.1) is 5.82 Å². The van der Waals surface area contributed by atoms with Crippen molar-refractivity contribution in [2.45, 2.75) is 11.0 Å². The average molecular weight is 369 g/mol. The standard InChI is InChI=1S/C11H14BrFN2O4S/c12-8-3-11(10(14)4-9(8)13)20(17,18)15-1-2-19-7(5-15)6-16/h3-4,7,16H,1-2,5-6,14H2. The molecule has 0 bridgehead atoms. The minimum Gasteiger partial charge on any atom is -0.398 e. The fourth-order valence-corrected chi connectivity index (χ4v) is 4.00. The Labute approximate surface area is 124 Å². The first-order valence-corrected chi connectivity index (χ1v) is 8.06. The van der Waals surface area contributed by atoms with E-state index in [2.05, 4.69) is 15.9 Å². The highest BCUT2D eigenvalue weighted by molar-refractivity contribution is 9.10. The molecule has 0 aromatic heterocycles. The lowest BCUT2D eigenvalue weighted by molar-refractivity contribution is -0.0304. The number of aliphatic hydroxyl groups excluding tert-OH is 1. The lowest BCUT2D eigenvalue weighted by Gasteiger charge is -2.31. The van der Waals surface area contributed by atoms with Crippen LogP contribution in [-0.2, 0) is 14.8 Å². The van der Waals surface area contributed by atoms with Gasteiger partial charge in [0.25, 0.3) is 0 Å². The molecule has 0 spiro atoms. The zero-order valence-electron chi connectivity index (χ0n) is 10.4. The van der Waals surface area contributed by atoms with Crippen LogP contribution in [0.1, 0.15) is 0 Å². The van der Waals surface area contributed by atoms with Crippen molar-refractivity contribution in [2.75, 3.05) is 32.0 Å². The first-order chi connectivity index (χ1) is 9.36. The van der Waals surface area contributed by atoms with Crippen LogP contribution in [-0.4, -0.2) is 50.2 Å². The van der Waals surface area contributed by atoms with Gasteiger partial charge in [-0.05, 0) is 28.1 Å². The zero-order chi connectivity index (χ0) is 14.9. The summed E-state index contributed by atoms with van der Waals surface area (Å²) >= 11 is 2.94. The van der Waals surface area contributed by atoms with Gasteiger partial charge in [0.15, 0.2) is 0 Å². The molecule has 0 radical (unpaired) electrons. The third-order valence-electron chi connectivity index (χ3n) is 2.98. The zero-order valence-corrected chi connectivity index (χ0v) is 12.8. The maximum atomic E-state index is 13.3. The van der Waals surface area contributed by atoms with Gasteiger partial charge in [0.05, 0.1) is 29.5 Å². The molecular formula is C11H14BrFN2O4S. The SMILES string of the molecule is Nc1cc(F)c(Br)cc1S(=O)(=O)N1CCOC(CO)C1. The van der Waals surface area contributed by atoms with Crippen LogP contribution in [0.4, 0.5) is 10.1 Å². The minimum atomic E-state index is -3.85. The van der Waals surface area contributed by atoms with Gasteiger partial charge in [0, 0.05) is 13.1 Å². The van der Waals surface area contributed by atoms with Crippen LogP contribution < -0.4 is 5.73 Å². The number of benzene rings is 1. The average Bonchev–Trinajstić information content (AvgIpc) is 2.42. The summed E-state index contributed by atoms with van der Waals surface area (Å²) in [5.41, 5.74) is 5.45. The number of rotatable bonds is 3. The highest BCUT2D eigenvalue weighted by atomic mass is 79.9. The van der Waals surface area contributed by atoms with Crippen LogP contribution in [0.25, 0.3) is 0 Å². The van der Waals surface area contributed by atoms with Gasteiger partial charge in [-0.1, -0.05) is 0 Å². The molecule has 1 aromatic rings. The highest BCUT2D eigenvalue weighted by Gasteiger charge is 2.32. The Morgan fingerprint density at radius 3 is 2.90 bits per heavy atom. The summed E-state index contributed by atoms with van der Waals surface area (Å²) in [6.07, 6.45) is -0.566. The molecule has 1 unspecified atom stereocenters. The van der Waals surface area contributed by atoms with Crippen molar-refractivity contribution in [2.24, 2.45) is 0 Å². The summed E-state index contributed by atoms with van der Waals surface area (Å²) in [7, 11) is -3.85. The maximum absolute atomic E-state index is 13.3. The Kier molecular flexibility index (Phi) is 4.65.